The first-order valence-corrected chi connectivity index (χ1v) is 6.02. The van der Waals surface area contributed by atoms with Gasteiger partial charge in [-0.05, 0) is 5.53 Å². The summed E-state index contributed by atoms with van der Waals surface area (Å²) >= 11 is 0. The Morgan fingerprint density at radius 2 is 1.83 bits per heavy atom. The highest BCUT2D eigenvalue weighted by Gasteiger charge is 2.24. The lowest BCUT2D eigenvalue weighted by Gasteiger charge is -2.07. The largest absolute Gasteiger partial charge is 0.246 e. The van der Waals surface area contributed by atoms with Crippen LogP contribution in [0.25, 0.3) is 10.4 Å². The van der Waals surface area contributed by atoms with Crippen molar-refractivity contribution >= 4 is 10.0 Å². The Kier molecular flexibility index (Phi) is 4.54. The van der Waals surface area contributed by atoms with E-state index in [1.165, 1.54) is 0 Å². The molecule has 0 aliphatic heterocycles. The Morgan fingerprint density at radius 1 is 1.28 bits per heavy atom. The summed E-state index contributed by atoms with van der Waals surface area (Å²) in [5.41, 5.74) is 7.95. The molecule has 1 aromatic rings. The summed E-state index contributed by atoms with van der Waals surface area (Å²) in [7, 11) is -4.47. The van der Waals surface area contributed by atoms with Crippen molar-refractivity contribution in [3.63, 3.8) is 0 Å². The molecule has 0 heterocycles. The van der Waals surface area contributed by atoms with Crippen molar-refractivity contribution in [2.45, 2.75) is 4.90 Å². The minimum Gasteiger partial charge on any atom is -0.211 e. The van der Waals surface area contributed by atoms with Crippen molar-refractivity contribution in [3.8, 4) is 0 Å². The molecule has 0 unspecified atom stereocenters. The van der Waals surface area contributed by atoms with E-state index in [2.05, 4.69) is 10.0 Å². The van der Waals surface area contributed by atoms with Crippen molar-refractivity contribution in [2.24, 2.45) is 5.11 Å². The Bertz CT molecular complexity index is 575. The van der Waals surface area contributed by atoms with Crippen LogP contribution in [-0.2, 0) is 10.0 Å². The van der Waals surface area contributed by atoms with Gasteiger partial charge in [0.05, 0.1) is 0 Å². The van der Waals surface area contributed by atoms with E-state index in [0.717, 1.165) is 0 Å². The molecule has 1 rings (SSSR count). The molecule has 0 fully saturated rings. The molecule has 0 amide bonds. The van der Waals surface area contributed by atoms with Gasteiger partial charge in [0.1, 0.15) is 17.5 Å². The van der Waals surface area contributed by atoms with Crippen LogP contribution >= 0.6 is 0 Å². The van der Waals surface area contributed by atoms with Gasteiger partial charge in [0.25, 0.3) is 0 Å². The zero-order chi connectivity index (χ0) is 13.8. The van der Waals surface area contributed by atoms with Gasteiger partial charge >= 0.3 is 0 Å². The molecule has 0 aliphatic rings. The second kappa shape index (κ2) is 5.71. The fraction of sp³-hybridized carbons (Fsp3) is 0.250. The van der Waals surface area contributed by atoms with E-state index in [1.54, 1.807) is 0 Å². The van der Waals surface area contributed by atoms with E-state index in [-0.39, 0.29) is 25.2 Å². The summed E-state index contributed by atoms with van der Waals surface area (Å²) in [6, 6.07) is 0.510. The van der Waals surface area contributed by atoms with Gasteiger partial charge in [-0.25, -0.2) is 26.3 Å². The summed E-state index contributed by atoms with van der Waals surface area (Å²) in [5.74, 6) is -4.30. The van der Waals surface area contributed by atoms with Crippen LogP contribution < -0.4 is 4.72 Å². The molecule has 1 N–H and O–H groups in total. The molecule has 0 aromatic heterocycles. The first kappa shape index (κ1) is 14.3. The predicted octanol–water partition coefficient (Wildman–Crippen LogP) is 1.69. The van der Waals surface area contributed by atoms with Gasteiger partial charge in [0, 0.05) is 30.1 Å². The molecule has 0 saturated heterocycles. The molecule has 18 heavy (non-hydrogen) atoms. The summed E-state index contributed by atoms with van der Waals surface area (Å²) < 4.78 is 63.8. The van der Waals surface area contributed by atoms with Crippen LogP contribution in [0.3, 0.4) is 0 Å². The molecule has 0 aliphatic carbocycles. The summed E-state index contributed by atoms with van der Waals surface area (Å²) in [6.45, 7) is -0.553. The van der Waals surface area contributed by atoms with E-state index >= 15 is 0 Å². The predicted molar refractivity (Wildman–Crippen MR) is 55.5 cm³/mol. The van der Waals surface area contributed by atoms with Crippen molar-refractivity contribution in [1.29, 1.82) is 0 Å². The van der Waals surface area contributed by atoms with Crippen molar-refractivity contribution in [3.05, 3.63) is 40.0 Å². The monoisotopic (exact) mass is 280 g/mol. The van der Waals surface area contributed by atoms with E-state index in [1.807, 2.05) is 4.72 Å². The average molecular weight is 280 g/mol. The maximum Gasteiger partial charge on any atom is 0.246 e. The summed E-state index contributed by atoms with van der Waals surface area (Å²) in [5, 5.41) is 3.03. The van der Waals surface area contributed by atoms with Crippen molar-refractivity contribution in [2.75, 3.05) is 13.1 Å². The highest BCUT2D eigenvalue weighted by molar-refractivity contribution is 7.89. The Balaban J connectivity index is 3.02. The average Bonchev–Trinajstić information content (AvgIpc) is 2.22. The topological polar surface area (TPSA) is 94.9 Å². The normalized spacial score (nSPS) is 11.1. The standard InChI is InChI=1S/C8H7F3N4O2S/c9-5-3-6(10)8(7(11)4-5)18(16,17)14-2-1-13-15-12/h3-4,14H,1-2H2. The van der Waals surface area contributed by atoms with Crippen LogP contribution in [0.15, 0.2) is 22.1 Å². The number of sulfonamides is 1. The first-order chi connectivity index (χ1) is 8.38. The van der Waals surface area contributed by atoms with Crippen molar-refractivity contribution in [1.82, 2.24) is 4.72 Å². The maximum absolute atomic E-state index is 13.2. The van der Waals surface area contributed by atoms with E-state index < -0.39 is 32.4 Å². The van der Waals surface area contributed by atoms with Crippen LogP contribution in [0.2, 0.25) is 0 Å². The van der Waals surface area contributed by atoms with Gasteiger partial charge in [-0.1, -0.05) is 5.11 Å². The van der Waals surface area contributed by atoms with E-state index in [0.29, 0.717) is 0 Å². The number of rotatable bonds is 5. The number of nitrogens with zero attached hydrogens (tertiary/aromatic N) is 3. The number of hydrogen-bond donors (Lipinski definition) is 1. The van der Waals surface area contributed by atoms with Crippen LogP contribution in [-0.4, -0.2) is 21.5 Å². The Labute approximate surface area is 100 Å². The number of nitrogens with one attached hydrogen (secondary N) is 1. The lowest BCUT2D eigenvalue weighted by atomic mass is 10.3. The minimum absolute atomic E-state index is 0.222. The van der Waals surface area contributed by atoms with E-state index in [9.17, 15) is 21.6 Å². The highest BCUT2D eigenvalue weighted by atomic mass is 32.2. The molecule has 0 saturated carbocycles. The quantitative estimate of drug-likeness (QED) is 0.384. The molecule has 98 valence electrons. The molecule has 0 bridgehead atoms. The van der Waals surface area contributed by atoms with Crippen LogP contribution in [0.5, 0.6) is 0 Å². The molecule has 0 radical (unpaired) electrons. The third-order valence-electron chi connectivity index (χ3n) is 1.80. The Hall–Kier alpha value is -1.77. The second-order valence-electron chi connectivity index (χ2n) is 3.05. The van der Waals surface area contributed by atoms with Gasteiger partial charge in [-0.2, -0.15) is 0 Å². The summed E-state index contributed by atoms with van der Waals surface area (Å²) in [4.78, 5) is 1.09. The molecule has 10 heteroatoms. The van der Waals surface area contributed by atoms with Gasteiger partial charge in [-0.3, -0.25) is 0 Å². The maximum atomic E-state index is 13.2. The molecule has 0 spiro atoms. The van der Waals surface area contributed by atoms with Crippen LogP contribution in [0.4, 0.5) is 13.2 Å². The first-order valence-electron chi connectivity index (χ1n) is 4.53. The van der Waals surface area contributed by atoms with Gasteiger partial charge in [0.15, 0.2) is 4.90 Å². The SMILES string of the molecule is [N-]=[N+]=NCCNS(=O)(=O)c1c(F)cc(F)cc1F. The number of azide groups is 1. The summed E-state index contributed by atoms with van der Waals surface area (Å²) in [6.07, 6.45) is 0. The Morgan fingerprint density at radius 3 is 2.33 bits per heavy atom. The second-order valence-corrected chi connectivity index (χ2v) is 4.75. The number of benzene rings is 1. The fourth-order valence-electron chi connectivity index (χ4n) is 1.13. The zero-order valence-corrected chi connectivity index (χ0v) is 9.59. The molecular formula is C8H7F3N4O2S. The molecule has 1 aromatic carbocycles. The van der Waals surface area contributed by atoms with Gasteiger partial charge in [0.2, 0.25) is 10.0 Å². The number of hydrogen-bond acceptors (Lipinski definition) is 3. The molecule has 0 atom stereocenters. The van der Waals surface area contributed by atoms with Crippen LogP contribution in [0.1, 0.15) is 0 Å². The van der Waals surface area contributed by atoms with E-state index in [4.69, 9.17) is 5.53 Å². The minimum atomic E-state index is -4.47. The smallest absolute Gasteiger partial charge is 0.211 e. The van der Waals surface area contributed by atoms with Crippen LogP contribution in [0, 0.1) is 17.5 Å². The lowest BCUT2D eigenvalue weighted by Crippen LogP contribution is -2.28. The number of halogens is 3. The fourth-order valence-corrected chi connectivity index (χ4v) is 2.27. The zero-order valence-electron chi connectivity index (χ0n) is 8.77. The third-order valence-corrected chi connectivity index (χ3v) is 3.31. The van der Waals surface area contributed by atoms with Crippen molar-refractivity contribution < 1.29 is 21.6 Å². The van der Waals surface area contributed by atoms with Gasteiger partial charge in [-0.15, -0.1) is 0 Å². The third kappa shape index (κ3) is 3.36. The highest BCUT2D eigenvalue weighted by Crippen LogP contribution is 2.19. The molecular weight excluding hydrogens is 273 g/mol. The lowest BCUT2D eigenvalue weighted by molar-refractivity contribution is 0.494. The van der Waals surface area contributed by atoms with Gasteiger partial charge < -0.3 is 0 Å². The molecule has 6 nitrogen and oxygen atoms in total.